The monoisotopic (exact) mass is 365 g/mol. The first kappa shape index (κ1) is 18.3. The summed E-state index contributed by atoms with van der Waals surface area (Å²) in [4.78, 5) is -0.486. The van der Waals surface area contributed by atoms with Gasteiger partial charge in [0.2, 0.25) is 10.0 Å². The van der Waals surface area contributed by atoms with Crippen molar-refractivity contribution in [3.05, 3.63) is 65.2 Å². The summed E-state index contributed by atoms with van der Waals surface area (Å²) in [6.45, 7) is 1.42. The molecule has 0 heterocycles. The van der Waals surface area contributed by atoms with Crippen LogP contribution in [0.1, 0.15) is 24.1 Å². The molecule has 9 heteroatoms. The molecule has 0 saturated carbocycles. The number of benzene rings is 2. The van der Waals surface area contributed by atoms with E-state index in [2.05, 4.69) is 4.72 Å². The lowest BCUT2D eigenvalue weighted by Crippen LogP contribution is -2.27. The highest BCUT2D eigenvalue weighted by Crippen LogP contribution is 2.30. The maximum Gasteiger partial charge on any atom is 0.416 e. The summed E-state index contributed by atoms with van der Waals surface area (Å²) in [6, 6.07) is 5.16. The molecule has 2 rings (SSSR count). The van der Waals surface area contributed by atoms with Crippen molar-refractivity contribution in [1.82, 2.24) is 4.72 Å². The van der Waals surface area contributed by atoms with Gasteiger partial charge in [-0.2, -0.15) is 13.2 Å². The third-order valence-corrected chi connectivity index (χ3v) is 4.81. The molecule has 1 atom stereocenters. The molecule has 0 aliphatic heterocycles. The highest BCUT2D eigenvalue weighted by atomic mass is 32.2. The van der Waals surface area contributed by atoms with Gasteiger partial charge in [-0.1, -0.05) is 12.1 Å². The zero-order valence-electron chi connectivity index (χ0n) is 12.2. The fourth-order valence-electron chi connectivity index (χ4n) is 1.97. The molecule has 24 heavy (non-hydrogen) atoms. The SMILES string of the molecule is CC(NS(=O)(=O)c1ccc(F)c(F)c1)c1ccc(C(F)(F)F)cc1. The van der Waals surface area contributed by atoms with Crippen LogP contribution in [0.4, 0.5) is 22.0 Å². The van der Waals surface area contributed by atoms with Crippen LogP contribution in [0.2, 0.25) is 0 Å². The van der Waals surface area contributed by atoms with Crippen LogP contribution >= 0.6 is 0 Å². The van der Waals surface area contributed by atoms with Gasteiger partial charge in [0.15, 0.2) is 11.6 Å². The van der Waals surface area contributed by atoms with Gasteiger partial charge in [0.1, 0.15) is 0 Å². The van der Waals surface area contributed by atoms with Crippen molar-refractivity contribution in [2.45, 2.75) is 24.0 Å². The van der Waals surface area contributed by atoms with Crippen LogP contribution in [0.5, 0.6) is 0 Å². The number of alkyl halides is 3. The standard InChI is InChI=1S/C15H12F5NO2S/c1-9(10-2-4-11(5-3-10)15(18,19)20)21-24(22,23)12-6-7-13(16)14(17)8-12/h2-9,21H,1H3. The molecule has 0 aliphatic carbocycles. The zero-order chi connectivity index (χ0) is 18.1. The van der Waals surface area contributed by atoms with E-state index in [-0.39, 0.29) is 5.56 Å². The summed E-state index contributed by atoms with van der Waals surface area (Å²) in [5.41, 5.74) is -0.573. The minimum absolute atomic E-state index is 0.286. The Morgan fingerprint density at radius 2 is 1.54 bits per heavy atom. The Morgan fingerprint density at radius 1 is 0.958 bits per heavy atom. The maximum atomic E-state index is 13.2. The molecule has 3 nitrogen and oxygen atoms in total. The van der Waals surface area contributed by atoms with E-state index in [4.69, 9.17) is 0 Å². The van der Waals surface area contributed by atoms with Gasteiger partial charge >= 0.3 is 6.18 Å². The molecular formula is C15H12F5NO2S. The molecule has 2 aromatic rings. The van der Waals surface area contributed by atoms with Gasteiger partial charge in [-0.25, -0.2) is 21.9 Å². The Bertz CT molecular complexity index is 832. The van der Waals surface area contributed by atoms with Crippen molar-refractivity contribution in [2.24, 2.45) is 0 Å². The topological polar surface area (TPSA) is 46.2 Å². The van der Waals surface area contributed by atoms with Crippen molar-refractivity contribution in [2.75, 3.05) is 0 Å². The quantitative estimate of drug-likeness (QED) is 0.832. The molecule has 2 aromatic carbocycles. The highest BCUT2D eigenvalue weighted by molar-refractivity contribution is 7.89. The first-order valence-electron chi connectivity index (χ1n) is 6.65. The predicted octanol–water partition coefficient (Wildman–Crippen LogP) is 4.02. The van der Waals surface area contributed by atoms with Crippen molar-refractivity contribution >= 4 is 10.0 Å². The Balaban J connectivity index is 2.21. The molecule has 1 unspecified atom stereocenters. The summed E-state index contributed by atoms with van der Waals surface area (Å²) in [7, 11) is -4.16. The third-order valence-electron chi connectivity index (χ3n) is 3.27. The van der Waals surface area contributed by atoms with E-state index in [1.807, 2.05) is 0 Å². The molecular weight excluding hydrogens is 353 g/mol. The van der Waals surface area contributed by atoms with E-state index >= 15 is 0 Å². The van der Waals surface area contributed by atoms with Crippen LogP contribution in [0, 0.1) is 11.6 Å². The van der Waals surface area contributed by atoms with Gasteiger partial charge in [-0.3, -0.25) is 0 Å². The second-order valence-electron chi connectivity index (χ2n) is 5.04. The predicted molar refractivity (Wildman–Crippen MR) is 76.5 cm³/mol. The fraction of sp³-hybridized carbons (Fsp3) is 0.200. The molecule has 0 bridgehead atoms. The molecule has 0 spiro atoms. The van der Waals surface area contributed by atoms with Gasteiger partial charge < -0.3 is 0 Å². The Labute approximate surface area is 135 Å². The van der Waals surface area contributed by atoms with Gasteiger partial charge in [0, 0.05) is 6.04 Å². The number of hydrogen-bond acceptors (Lipinski definition) is 2. The van der Waals surface area contributed by atoms with Gasteiger partial charge in [-0.15, -0.1) is 0 Å². The third kappa shape index (κ3) is 4.09. The maximum absolute atomic E-state index is 13.2. The molecule has 0 aromatic heterocycles. The summed E-state index contributed by atoms with van der Waals surface area (Å²) in [6.07, 6.45) is -4.49. The molecule has 0 saturated heterocycles. The van der Waals surface area contributed by atoms with Crippen LogP contribution in [0.15, 0.2) is 47.4 Å². The van der Waals surface area contributed by atoms with Crippen LogP contribution in [-0.4, -0.2) is 8.42 Å². The molecule has 130 valence electrons. The summed E-state index contributed by atoms with van der Waals surface area (Å²) in [5, 5.41) is 0. The number of sulfonamides is 1. The van der Waals surface area contributed by atoms with Crippen molar-refractivity contribution in [3.8, 4) is 0 Å². The van der Waals surface area contributed by atoms with Crippen molar-refractivity contribution in [1.29, 1.82) is 0 Å². The molecule has 0 radical (unpaired) electrons. The van der Waals surface area contributed by atoms with E-state index in [0.29, 0.717) is 12.1 Å². The van der Waals surface area contributed by atoms with Crippen molar-refractivity contribution in [3.63, 3.8) is 0 Å². The minimum Gasteiger partial charge on any atom is -0.207 e. The smallest absolute Gasteiger partial charge is 0.207 e. The zero-order valence-corrected chi connectivity index (χ0v) is 13.0. The van der Waals surface area contributed by atoms with Gasteiger partial charge in [-0.05, 0) is 42.8 Å². The van der Waals surface area contributed by atoms with Crippen LogP contribution < -0.4 is 4.72 Å². The lowest BCUT2D eigenvalue weighted by atomic mass is 10.1. The number of halogens is 5. The van der Waals surface area contributed by atoms with Crippen LogP contribution in [0.25, 0.3) is 0 Å². The first-order chi connectivity index (χ1) is 11.0. The van der Waals surface area contributed by atoms with E-state index in [0.717, 1.165) is 30.3 Å². The number of nitrogens with one attached hydrogen (secondary N) is 1. The Morgan fingerprint density at radius 3 is 2.04 bits per heavy atom. The minimum atomic E-state index is -4.49. The Kier molecular flexibility index (Phi) is 4.95. The molecule has 0 fully saturated rings. The number of hydrogen-bond donors (Lipinski definition) is 1. The lowest BCUT2D eigenvalue weighted by Gasteiger charge is -2.16. The normalized spacial score (nSPS) is 13.8. The summed E-state index contributed by atoms with van der Waals surface area (Å²) >= 11 is 0. The average Bonchev–Trinajstić information content (AvgIpc) is 2.48. The summed E-state index contributed by atoms with van der Waals surface area (Å²) < 4.78 is 90.0. The second-order valence-corrected chi connectivity index (χ2v) is 6.75. The van der Waals surface area contributed by atoms with Crippen LogP contribution in [-0.2, 0) is 16.2 Å². The average molecular weight is 365 g/mol. The van der Waals surface area contributed by atoms with Gasteiger partial charge in [0.25, 0.3) is 0 Å². The van der Waals surface area contributed by atoms with E-state index < -0.39 is 44.3 Å². The van der Waals surface area contributed by atoms with E-state index in [9.17, 15) is 30.4 Å². The number of rotatable bonds is 4. The van der Waals surface area contributed by atoms with E-state index in [1.54, 1.807) is 0 Å². The fourth-order valence-corrected chi connectivity index (χ4v) is 3.22. The first-order valence-corrected chi connectivity index (χ1v) is 8.13. The van der Waals surface area contributed by atoms with Crippen LogP contribution in [0.3, 0.4) is 0 Å². The molecule has 1 N–H and O–H groups in total. The largest absolute Gasteiger partial charge is 0.416 e. The Hall–Kier alpha value is -2.00. The van der Waals surface area contributed by atoms with Crippen molar-refractivity contribution < 1.29 is 30.4 Å². The highest BCUT2D eigenvalue weighted by Gasteiger charge is 2.30. The molecule has 0 amide bonds. The van der Waals surface area contributed by atoms with Gasteiger partial charge in [0.05, 0.1) is 10.5 Å². The second kappa shape index (κ2) is 6.48. The molecule has 0 aliphatic rings. The van der Waals surface area contributed by atoms with E-state index in [1.165, 1.54) is 6.92 Å². The summed E-state index contributed by atoms with van der Waals surface area (Å²) in [5.74, 6) is -2.51. The lowest BCUT2D eigenvalue weighted by molar-refractivity contribution is -0.137.